The predicted octanol–water partition coefficient (Wildman–Crippen LogP) is 1.80. The molecule has 0 aromatic carbocycles. The zero-order chi connectivity index (χ0) is 15.1. The molecule has 5 nitrogen and oxygen atoms in total. The maximum Gasteiger partial charge on any atom is 0.226 e. The van der Waals surface area contributed by atoms with E-state index in [1.807, 2.05) is 31.3 Å². The molecule has 0 aliphatic carbocycles. The molecule has 1 aliphatic rings. The van der Waals surface area contributed by atoms with Gasteiger partial charge < -0.3 is 9.80 Å². The van der Waals surface area contributed by atoms with Gasteiger partial charge in [-0.05, 0) is 31.9 Å². The van der Waals surface area contributed by atoms with Crippen LogP contribution in [-0.4, -0.2) is 68.4 Å². The molecule has 1 aliphatic heterocycles. The van der Waals surface area contributed by atoms with E-state index in [0.717, 1.165) is 57.3 Å². The zero-order valence-electron chi connectivity index (χ0n) is 13.1. The van der Waals surface area contributed by atoms with E-state index in [-0.39, 0.29) is 6.67 Å². The van der Waals surface area contributed by atoms with Crippen LogP contribution in [0.1, 0.15) is 19.3 Å². The summed E-state index contributed by atoms with van der Waals surface area (Å²) < 4.78 is 12.1. The van der Waals surface area contributed by atoms with Crippen molar-refractivity contribution in [3.63, 3.8) is 0 Å². The molecule has 118 valence electrons. The fourth-order valence-electron chi connectivity index (χ4n) is 2.54. The topological polar surface area (TPSA) is 35.5 Å². The maximum absolute atomic E-state index is 12.1. The lowest BCUT2D eigenvalue weighted by Gasteiger charge is -2.35. The minimum Gasteiger partial charge on any atom is -0.354 e. The first-order valence-corrected chi connectivity index (χ1v) is 7.74. The van der Waals surface area contributed by atoms with Crippen molar-refractivity contribution in [1.82, 2.24) is 14.9 Å². The molecule has 0 saturated carbocycles. The molecule has 0 radical (unpaired) electrons. The van der Waals surface area contributed by atoms with Gasteiger partial charge in [0.1, 0.15) is 5.82 Å². The number of nitrogens with zero attached hydrogens (tertiary/aromatic N) is 5. The first-order valence-electron chi connectivity index (χ1n) is 7.74. The largest absolute Gasteiger partial charge is 0.354 e. The van der Waals surface area contributed by atoms with Crippen LogP contribution in [0.2, 0.25) is 0 Å². The lowest BCUT2D eigenvalue weighted by molar-refractivity contribution is 0.250. The van der Waals surface area contributed by atoms with Gasteiger partial charge in [0.15, 0.2) is 0 Å². The second-order valence-electron chi connectivity index (χ2n) is 5.69. The van der Waals surface area contributed by atoms with Crippen LogP contribution in [0.15, 0.2) is 12.3 Å². The molecule has 0 atom stereocenters. The normalized spacial score (nSPS) is 16.2. The molecule has 0 spiro atoms. The van der Waals surface area contributed by atoms with Gasteiger partial charge in [0.05, 0.1) is 6.67 Å². The Kier molecular flexibility index (Phi) is 6.17. The highest BCUT2D eigenvalue weighted by atomic mass is 19.1. The molecule has 0 bridgehead atoms. The molecular formula is C15H26FN5. The third kappa shape index (κ3) is 4.81. The Hall–Kier alpha value is -1.43. The Labute approximate surface area is 126 Å². The van der Waals surface area contributed by atoms with Crippen molar-refractivity contribution < 1.29 is 4.39 Å². The SMILES string of the molecule is CN(C)c1nccc(N2CCN(CCCCCF)CC2)n1. The number of alkyl halides is 1. The number of piperazine rings is 1. The molecule has 0 amide bonds. The summed E-state index contributed by atoms with van der Waals surface area (Å²) in [7, 11) is 3.91. The van der Waals surface area contributed by atoms with E-state index in [0.29, 0.717) is 6.42 Å². The minimum atomic E-state index is -0.185. The Balaban J connectivity index is 1.79. The first-order chi connectivity index (χ1) is 10.2. The lowest BCUT2D eigenvalue weighted by Crippen LogP contribution is -2.47. The number of rotatable bonds is 7. The van der Waals surface area contributed by atoms with E-state index >= 15 is 0 Å². The molecule has 6 heteroatoms. The summed E-state index contributed by atoms with van der Waals surface area (Å²) in [6.45, 7) is 4.99. The van der Waals surface area contributed by atoms with E-state index in [1.165, 1.54) is 0 Å². The number of hydrogen-bond acceptors (Lipinski definition) is 5. The molecular weight excluding hydrogens is 269 g/mol. The Morgan fingerprint density at radius 1 is 1.14 bits per heavy atom. The highest BCUT2D eigenvalue weighted by Gasteiger charge is 2.18. The van der Waals surface area contributed by atoms with Crippen molar-refractivity contribution in [2.24, 2.45) is 0 Å². The van der Waals surface area contributed by atoms with Crippen LogP contribution < -0.4 is 9.80 Å². The molecule has 21 heavy (non-hydrogen) atoms. The highest BCUT2D eigenvalue weighted by molar-refractivity contribution is 5.43. The van der Waals surface area contributed by atoms with Gasteiger partial charge >= 0.3 is 0 Å². The second kappa shape index (κ2) is 8.12. The number of halogens is 1. The van der Waals surface area contributed by atoms with Crippen LogP contribution in [0, 0.1) is 0 Å². The summed E-state index contributed by atoms with van der Waals surface area (Å²) in [5, 5.41) is 0. The van der Waals surface area contributed by atoms with E-state index in [1.54, 1.807) is 0 Å². The molecule has 2 rings (SSSR count). The summed E-state index contributed by atoms with van der Waals surface area (Å²) in [6, 6.07) is 1.98. The summed E-state index contributed by atoms with van der Waals surface area (Å²) in [5.74, 6) is 1.76. The van der Waals surface area contributed by atoms with Gasteiger partial charge in [-0.1, -0.05) is 0 Å². The highest BCUT2D eigenvalue weighted by Crippen LogP contribution is 2.16. The van der Waals surface area contributed by atoms with Gasteiger partial charge in [0.25, 0.3) is 0 Å². The molecule has 1 aromatic rings. The first kappa shape index (κ1) is 15.9. The summed E-state index contributed by atoms with van der Waals surface area (Å²) in [4.78, 5) is 15.5. The number of unbranched alkanes of at least 4 members (excludes halogenated alkanes) is 2. The smallest absolute Gasteiger partial charge is 0.226 e. The number of aromatic nitrogens is 2. The van der Waals surface area contributed by atoms with Crippen LogP contribution >= 0.6 is 0 Å². The Morgan fingerprint density at radius 2 is 1.90 bits per heavy atom. The van der Waals surface area contributed by atoms with Crippen molar-refractivity contribution in [2.45, 2.75) is 19.3 Å². The summed E-state index contributed by atoms with van der Waals surface area (Å²) in [5.41, 5.74) is 0. The molecule has 1 saturated heterocycles. The minimum absolute atomic E-state index is 0.185. The van der Waals surface area contributed by atoms with Gasteiger partial charge in [-0.25, -0.2) is 4.98 Å². The van der Waals surface area contributed by atoms with Gasteiger partial charge in [0, 0.05) is 46.5 Å². The fourth-order valence-corrected chi connectivity index (χ4v) is 2.54. The fraction of sp³-hybridized carbons (Fsp3) is 0.733. The van der Waals surface area contributed by atoms with Crippen molar-refractivity contribution >= 4 is 11.8 Å². The van der Waals surface area contributed by atoms with Gasteiger partial charge in [-0.2, -0.15) is 4.98 Å². The molecule has 2 heterocycles. The Morgan fingerprint density at radius 3 is 2.57 bits per heavy atom. The third-order valence-corrected chi connectivity index (χ3v) is 3.83. The third-order valence-electron chi connectivity index (χ3n) is 3.83. The van der Waals surface area contributed by atoms with Gasteiger partial charge in [-0.3, -0.25) is 9.29 Å². The van der Waals surface area contributed by atoms with Crippen molar-refractivity contribution in [3.05, 3.63) is 12.3 Å². The quantitative estimate of drug-likeness (QED) is 0.717. The van der Waals surface area contributed by atoms with Crippen molar-refractivity contribution in [3.8, 4) is 0 Å². The molecule has 1 fully saturated rings. The molecule has 0 N–H and O–H groups in total. The number of hydrogen-bond donors (Lipinski definition) is 0. The number of anilines is 2. The average Bonchev–Trinajstić information content (AvgIpc) is 2.52. The van der Waals surface area contributed by atoms with Crippen LogP contribution in [0.3, 0.4) is 0 Å². The zero-order valence-corrected chi connectivity index (χ0v) is 13.1. The van der Waals surface area contributed by atoms with E-state index < -0.39 is 0 Å². The molecule has 0 unspecified atom stereocenters. The summed E-state index contributed by atoms with van der Waals surface area (Å²) >= 11 is 0. The van der Waals surface area contributed by atoms with E-state index in [9.17, 15) is 4.39 Å². The average molecular weight is 295 g/mol. The second-order valence-corrected chi connectivity index (χ2v) is 5.69. The van der Waals surface area contributed by atoms with Gasteiger partial charge in [-0.15, -0.1) is 0 Å². The maximum atomic E-state index is 12.1. The van der Waals surface area contributed by atoms with E-state index in [2.05, 4.69) is 19.8 Å². The van der Waals surface area contributed by atoms with Crippen LogP contribution in [0.25, 0.3) is 0 Å². The van der Waals surface area contributed by atoms with E-state index in [4.69, 9.17) is 0 Å². The van der Waals surface area contributed by atoms with Crippen molar-refractivity contribution in [2.75, 3.05) is 63.3 Å². The van der Waals surface area contributed by atoms with Crippen LogP contribution in [-0.2, 0) is 0 Å². The van der Waals surface area contributed by atoms with Gasteiger partial charge in [0.2, 0.25) is 5.95 Å². The lowest BCUT2D eigenvalue weighted by atomic mass is 10.2. The monoisotopic (exact) mass is 295 g/mol. The van der Waals surface area contributed by atoms with Crippen LogP contribution in [0.5, 0.6) is 0 Å². The Bertz CT molecular complexity index is 418. The predicted molar refractivity (Wildman–Crippen MR) is 84.8 cm³/mol. The molecule has 1 aromatic heterocycles. The van der Waals surface area contributed by atoms with Crippen LogP contribution in [0.4, 0.5) is 16.2 Å². The summed E-state index contributed by atoms with van der Waals surface area (Å²) in [6.07, 6.45) is 4.62. The standard InChI is InChI=1S/C15H26FN5/c1-19(2)15-17-8-6-14(18-15)21-12-10-20(11-13-21)9-5-3-4-7-16/h6,8H,3-5,7,9-13H2,1-2H3. The van der Waals surface area contributed by atoms with Crippen molar-refractivity contribution in [1.29, 1.82) is 0 Å².